The van der Waals surface area contributed by atoms with E-state index in [0.717, 1.165) is 6.42 Å². The lowest BCUT2D eigenvalue weighted by Gasteiger charge is -2.23. The number of halogens is 1. The Balaban J connectivity index is 2.94. The van der Waals surface area contributed by atoms with Gasteiger partial charge in [-0.15, -0.1) is 11.6 Å². The number of rotatable bonds is 3. The first-order valence-corrected chi connectivity index (χ1v) is 5.65. The van der Waals surface area contributed by atoms with Gasteiger partial charge in [-0.1, -0.05) is 45.0 Å². The predicted molar refractivity (Wildman–Crippen MR) is 64.0 cm³/mol. The molecule has 0 aliphatic heterocycles. The highest BCUT2D eigenvalue weighted by Gasteiger charge is 2.17. The van der Waals surface area contributed by atoms with Crippen molar-refractivity contribution in [2.75, 3.05) is 0 Å². The van der Waals surface area contributed by atoms with E-state index >= 15 is 0 Å². The zero-order valence-electron chi connectivity index (χ0n) is 9.47. The quantitative estimate of drug-likeness (QED) is 0.636. The molecule has 0 bridgehead atoms. The van der Waals surface area contributed by atoms with Crippen LogP contribution in [-0.2, 0) is 5.41 Å². The third kappa shape index (κ3) is 2.51. The molecule has 0 spiro atoms. The van der Waals surface area contributed by atoms with Gasteiger partial charge in [0.25, 0.3) is 0 Å². The average Bonchev–Trinajstić information content (AvgIpc) is 2.18. The third-order valence-corrected chi connectivity index (χ3v) is 3.29. The lowest BCUT2D eigenvalue weighted by molar-refractivity contribution is 0.506. The molecule has 0 aliphatic carbocycles. The van der Waals surface area contributed by atoms with Crippen molar-refractivity contribution in [3.05, 3.63) is 35.4 Å². The Kier molecular flexibility index (Phi) is 3.60. The van der Waals surface area contributed by atoms with Crippen LogP contribution in [0.4, 0.5) is 0 Å². The second-order valence-electron chi connectivity index (χ2n) is 4.48. The molecule has 78 valence electrons. The van der Waals surface area contributed by atoms with Crippen LogP contribution in [0.15, 0.2) is 24.3 Å². The van der Waals surface area contributed by atoms with Gasteiger partial charge in [-0.3, -0.25) is 0 Å². The van der Waals surface area contributed by atoms with E-state index in [1.54, 1.807) is 0 Å². The molecule has 0 radical (unpaired) electrons. The summed E-state index contributed by atoms with van der Waals surface area (Å²) in [4.78, 5) is 0. The molecular weight excluding hydrogens is 192 g/mol. The van der Waals surface area contributed by atoms with Crippen molar-refractivity contribution >= 4 is 11.6 Å². The van der Waals surface area contributed by atoms with Crippen LogP contribution in [0.1, 0.15) is 50.6 Å². The number of hydrogen-bond acceptors (Lipinski definition) is 0. The van der Waals surface area contributed by atoms with Crippen molar-refractivity contribution < 1.29 is 0 Å². The van der Waals surface area contributed by atoms with Crippen molar-refractivity contribution in [2.45, 2.75) is 44.9 Å². The molecule has 1 heteroatoms. The molecule has 1 rings (SSSR count). The van der Waals surface area contributed by atoms with Crippen LogP contribution in [0.2, 0.25) is 0 Å². The monoisotopic (exact) mass is 210 g/mol. The van der Waals surface area contributed by atoms with Gasteiger partial charge >= 0.3 is 0 Å². The Morgan fingerprint density at radius 3 is 2.07 bits per heavy atom. The fourth-order valence-corrected chi connectivity index (χ4v) is 1.55. The van der Waals surface area contributed by atoms with Gasteiger partial charge in [0.15, 0.2) is 0 Å². The Labute approximate surface area is 92.3 Å². The van der Waals surface area contributed by atoms with E-state index in [2.05, 4.69) is 45.0 Å². The molecule has 0 saturated carbocycles. The zero-order valence-corrected chi connectivity index (χ0v) is 10.2. The molecule has 1 unspecified atom stereocenters. The molecule has 1 aromatic carbocycles. The van der Waals surface area contributed by atoms with Crippen LogP contribution in [0.25, 0.3) is 0 Å². The maximum Gasteiger partial charge on any atom is 0.0557 e. The first-order chi connectivity index (χ1) is 6.47. The Morgan fingerprint density at radius 2 is 1.71 bits per heavy atom. The van der Waals surface area contributed by atoms with Gasteiger partial charge in [0.2, 0.25) is 0 Å². The Hall–Kier alpha value is -0.490. The van der Waals surface area contributed by atoms with Crippen LogP contribution >= 0.6 is 11.6 Å². The first-order valence-electron chi connectivity index (χ1n) is 5.22. The predicted octanol–water partition coefficient (Wildman–Crippen LogP) is 4.67. The second-order valence-corrected chi connectivity index (χ2v) is 5.13. The smallest absolute Gasteiger partial charge is 0.0557 e. The number of hydrogen-bond donors (Lipinski definition) is 0. The van der Waals surface area contributed by atoms with Gasteiger partial charge < -0.3 is 0 Å². The molecule has 0 amide bonds. The van der Waals surface area contributed by atoms with Crippen molar-refractivity contribution in [3.63, 3.8) is 0 Å². The maximum absolute atomic E-state index is 6.00. The van der Waals surface area contributed by atoms with E-state index in [4.69, 9.17) is 11.6 Å². The summed E-state index contributed by atoms with van der Waals surface area (Å²) in [5, 5.41) is 0.105. The van der Waals surface area contributed by atoms with Crippen LogP contribution in [0.5, 0.6) is 0 Å². The molecule has 0 aromatic heterocycles. The third-order valence-electron chi connectivity index (χ3n) is 3.04. The van der Waals surface area contributed by atoms with E-state index in [-0.39, 0.29) is 10.8 Å². The van der Waals surface area contributed by atoms with Gasteiger partial charge in [0, 0.05) is 0 Å². The summed E-state index contributed by atoms with van der Waals surface area (Å²) in [7, 11) is 0. The summed E-state index contributed by atoms with van der Waals surface area (Å²) < 4.78 is 0. The van der Waals surface area contributed by atoms with Gasteiger partial charge in [0.1, 0.15) is 0 Å². The molecule has 0 nitrogen and oxygen atoms in total. The minimum absolute atomic E-state index is 0.105. The minimum atomic E-state index is 0.105. The van der Waals surface area contributed by atoms with Gasteiger partial charge in [0.05, 0.1) is 5.38 Å². The SMILES string of the molecule is CCC(C)(C)c1ccc(C(C)Cl)cc1. The van der Waals surface area contributed by atoms with E-state index in [1.807, 2.05) is 6.92 Å². The first kappa shape index (κ1) is 11.6. The topological polar surface area (TPSA) is 0 Å². The zero-order chi connectivity index (χ0) is 10.8. The fourth-order valence-electron chi connectivity index (χ4n) is 1.40. The van der Waals surface area contributed by atoms with Crippen molar-refractivity contribution in [2.24, 2.45) is 0 Å². The summed E-state index contributed by atoms with van der Waals surface area (Å²) >= 11 is 6.00. The van der Waals surface area contributed by atoms with Crippen LogP contribution in [-0.4, -0.2) is 0 Å². The molecule has 0 aliphatic rings. The summed E-state index contributed by atoms with van der Waals surface area (Å²) in [5.74, 6) is 0. The highest BCUT2D eigenvalue weighted by Crippen LogP contribution is 2.28. The standard InChI is InChI=1S/C13H19Cl/c1-5-13(3,4)12-8-6-11(7-9-12)10(2)14/h6-10H,5H2,1-4H3. The van der Waals surface area contributed by atoms with Gasteiger partial charge in [-0.2, -0.15) is 0 Å². The highest BCUT2D eigenvalue weighted by atomic mass is 35.5. The largest absolute Gasteiger partial charge is 0.118 e. The fraction of sp³-hybridized carbons (Fsp3) is 0.538. The Morgan fingerprint density at radius 1 is 1.21 bits per heavy atom. The van der Waals surface area contributed by atoms with Gasteiger partial charge in [-0.05, 0) is 29.9 Å². The summed E-state index contributed by atoms with van der Waals surface area (Å²) in [5.41, 5.74) is 2.86. The van der Waals surface area contributed by atoms with E-state index in [1.165, 1.54) is 11.1 Å². The summed E-state index contributed by atoms with van der Waals surface area (Å²) in [6.45, 7) is 8.76. The van der Waals surface area contributed by atoms with Crippen molar-refractivity contribution in [1.82, 2.24) is 0 Å². The summed E-state index contributed by atoms with van der Waals surface area (Å²) in [6, 6.07) is 8.64. The normalized spacial score (nSPS) is 14.1. The molecule has 1 atom stereocenters. The molecule has 0 fully saturated rings. The van der Waals surface area contributed by atoms with E-state index < -0.39 is 0 Å². The average molecular weight is 211 g/mol. The van der Waals surface area contributed by atoms with Crippen molar-refractivity contribution in [1.29, 1.82) is 0 Å². The highest BCUT2D eigenvalue weighted by molar-refractivity contribution is 6.20. The van der Waals surface area contributed by atoms with E-state index in [0.29, 0.717) is 0 Å². The molecule has 0 saturated heterocycles. The minimum Gasteiger partial charge on any atom is -0.118 e. The maximum atomic E-state index is 6.00. The van der Waals surface area contributed by atoms with Crippen LogP contribution in [0.3, 0.4) is 0 Å². The lowest BCUT2D eigenvalue weighted by atomic mass is 9.82. The van der Waals surface area contributed by atoms with Gasteiger partial charge in [-0.25, -0.2) is 0 Å². The summed E-state index contributed by atoms with van der Waals surface area (Å²) in [6.07, 6.45) is 1.16. The van der Waals surface area contributed by atoms with Crippen molar-refractivity contribution in [3.8, 4) is 0 Å². The number of benzene rings is 1. The molecule has 14 heavy (non-hydrogen) atoms. The molecule has 0 heterocycles. The lowest BCUT2D eigenvalue weighted by Crippen LogP contribution is -2.15. The number of alkyl halides is 1. The van der Waals surface area contributed by atoms with Crippen LogP contribution < -0.4 is 0 Å². The van der Waals surface area contributed by atoms with E-state index in [9.17, 15) is 0 Å². The van der Waals surface area contributed by atoms with Crippen LogP contribution in [0, 0.1) is 0 Å². The second kappa shape index (κ2) is 4.35. The molecular formula is C13H19Cl. The Bertz CT molecular complexity index is 283. The molecule has 1 aromatic rings. The molecule has 0 N–H and O–H groups in total.